The number of benzene rings is 1. The molecule has 0 saturated carbocycles. The summed E-state index contributed by atoms with van der Waals surface area (Å²) in [4.78, 5) is 30.1. The Kier molecular flexibility index (Phi) is 4.63. The van der Waals surface area contributed by atoms with E-state index in [0.29, 0.717) is 32.8 Å². The largest absolute Gasteiger partial charge is 0.462 e. The lowest BCUT2D eigenvalue weighted by Crippen LogP contribution is -2.21. The van der Waals surface area contributed by atoms with Gasteiger partial charge in [0.05, 0.1) is 36.5 Å². The van der Waals surface area contributed by atoms with E-state index < -0.39 is 5.97 Å². The van der Waals surface area contributed by atoms with Gasteiger partial charge in [0.1, 0.15) is 9.71 Å². The maximum absolute atomic E-state index is 12.8. The van der Waals surface area contributed by atoms with Crippen LogP contribution in [0.5, 0.6) is 0 Å². The second kappa shape index (κ2) is 6.87. The summed E-state index contributed by atoms with van der Waals surface area (Å²) >= 11 is 1.17. The number of hydrogen-bond acceptors (Lipinski definition) is 6. The summed E-state index contributed by atoms with van der Waals surface area (Å²) in [5, 5.41) is 9.42. The van der Waals surface area contributed by atoms with Gasteiger partial charge in [0.2, 0.25) is 0 Å². The summed E-state index contributed by atoms with van der Waals surface area (Å²) in [5.74, 6) is -0.435. The monoisotopic (exact) mass is 353 g/mol. The third kappa shape index (κ3) is 3.16. The van der Waals surface area contributed by atoms with Gasteiger partial charge in [-0.05, 0) is 37.1 Å². The van der Waals surface area contributed by atoms with Crippen LogP contribution in [0.25, 0.3) is 10.2 Å². The highest BCUT2D eigenvalue weighted by Gasteiger charge is 2.20. The van der Waals surface area contributed by atoms with Crippen molar-refractivity contribution in [2.24, 2.45) is 0 Å². The molecule has 3 aromatic rings. The van der Waals surface area contributed by atoms with Crippen molar-refractivity contribution in [1.82, 2.24) is 9.55 Å². The number of ether oxygens (including phenoxy) is 1. The van der Waals surface area contributed by atoms with Gasteiger partial charge in [-0.1, -0.05) is 12.1 Å². The van der Waals surface area contributed by atoms with Gasteiger partial charge in [-0.15, -0.1) is 11.3 Å². The average Bonchev–Trinajstić information content (AvgIpc) is 2.95. The summed E-state index contributed by atoms with van der Waals surface area (Å²) in [7, 11) is 0. The van der Waals surface area contributed by atoms with E-state index in [1.807, 2.05) is 6.07 Å². The molecule has 7 heteroatoms. The molecule has 0 radical (unpaired) electrons. The Labute approximate surface area is 147 Å². The van der Waals surface area contributed by atoms with E-state index in [-0.39, 0.29) is 12.2 Å². The number of thiophene rings is 1. The number of carbonyl (C=O) groups is 1. The Morgan fingerprint density at radius 2 is 2.24 bits per heavy atom. The van der Waals surface area contributed by atoms with Crippen LogP contribution in [0, 0.1) is 18.3 Å². The Balaban J connectivity index is 2.05. The van der Waals surface area contributed by atoms with Crippen LogP contribution in [0.15, 0.2) is 35.4 Å². The molecular weight excluding hydrogens is 338 g/mol. The highest BCUT2D eigenvalue weighted by atomic mass is 32.1. The highest BCUT2D eigenvalue weighted by molar-refractivity contribution is 7.20. The standard InChI is InChI=1S/C18H15N3O3S/c1-3-24-18(23)15-11(2)14-16(25-15)20-10-21(17(14)22)9-13-6-4-5-12(7-13)8-19/h4-7,10H,3,9H2,1-2H3. The summed E-state index contributed by atoms with van der Waals surface area (Å²) < 4.78 is 6.51. The summed E-state index contributed by atoms with van der Waals surface area (Å²) in [6.07, 6.45) is 1.47. The lowest BCUT2D eigenvalue weighted by molar-refractivity contribution is 0.0531. The Hall–Kier alpha value is -2.98. The van der Waals surface area contributed by atoms with Crippen LogP contribution in [-0.4, -0.2) is 22.1 Å². The van der Waals surface area contributed by atoms with Crippen molar-refractivity contribution in [2.45, 2.75) is 20.4 Å². The maximum atomic E-state index is 12.8. The van der Waals surface area contributed by atoms with Gasteiger partial charge >= 0.3 is 5.97 Å². The van der Waals surface area contributed by atoms with E-state index in [4.69, 9.17) is 10.00 Å². The van der Waals surface area contributed by atoms with Gasteiger partial charge in [0, 0.05) is 0 Å². The summed E-state index contributed by atoms with van der Waals surface area (Å²) in [6.45, 7) is 4.05. The average molecular weight is 353 g/mol. The predicted octanol–water partition coefficient (Wildman–Crippen LogP) is 2.86. The number of rotatable bonds is 4. The molecule has 3 rings (SSSR count). The molecule has 0 atom stereocenters. The van der Waals surface area contributed by atoms with E-state index in [1.165, 1.54) is 22.2 Å². The number of carbonyl (C=O) groups excluding carboxylic acids is 1. The third-order valence-electron chi connectivity index (χ3n) is 3.79. The first-order valence-corrected chi connectivity index (χ1v) is 8.51. The number of nitrogens with zero attached hydrogens (tertiary/aromatic N) is 3. The first-order chi connectivity index (χ1) is 12.0. The molecule has 0 amide bonds. The molecule has 0 N–H and O–H groups in total. The second-order valence-corrected chi connectivity index (χ2v) is 6.45. The molecule has 6 nitrogen and oxygen atoms in total. The Morgan fingerprint density at radius 3 is 2.96 bits per heavy atom. The van der Waals surface area contributed by atoms with Crippen LogP contribution in [0.2, 0.25) is 0 Å². The topological polar surface area (TPSA) is 85.0 Å². The van der Waals surface area contributed by atoms with E-state index in [1.54, 1.807) is 32.0 Å². The summed E-state index contributed by atoms with van der Waals surface area (Å²) in [5.41, 5.74) is 1.75. The van der Waals surface area contributed by atoms with Crippen molar-refractivity contribution in [3.63, 3.8) is 0 Å². The lowest BCUT2D eigenvalue weighted by Gasteiger charge is -2.06. The lowest BCUT2D eigenvalue weighted by atomic mass is 10.1. The first-order valence-electron chi connectivity index (χ1n) is 7.69. The third-order valence-corrected chi connectivity index (χ3v) is 4.97. The van der Waals surface area contributed by atoms with Crippen LogP contribution in [-0.2, 0) is 11.3 Å². The fraction of sp³-hybridized carbons (Fsp3) is 0.222. The zero-order valence-electron chi connectivity index (χ0n) is 13.8. The van der Waals surface area contributed by atoms with Gasteiger partial charge < -0.3 is 4.74 Å². The minimum Gasteiger partial charge on any atom is -0.462 e. The molecule has 0 bridgehead atoms. The number of aromatic nitrogens is 2. The molecule has 0 aliphatic heterocycles. The Bertz CT molecular complexity index is 1060. The van der Waals surface area contributed by atoms with E-state index in [0.717, 1.165) is 5.56 Å². The molecule has 25 heavy (non-hydrogen) atoms. The van der Waals surface area contributed by atoms with Crippen molar-refractivity contribution in [3.05, 3.63) is 62.5 Å². The predicted molar refractivity (Wildman–Crippen MR) is 94.8 cm³/mol. The molecule has 0 fully saturated rings. The van der Waals surface area contributed by atoms with Crippen LogP contribution in [0.4, 0.5) is 0 Å². The van der Waals surface area contributed by atoms with Crippen molar-refractivity contribution in [2.75, 3.05) is 6.61 Å². The fourth-order valence-corrected chi connectivity index (χ4v) is 3.63. The summed E-state index contributed by atoms with van der Waals surface area (Å²) in [6, 6.07) is 9.16. The van der Waals surface area contributed by atoms with Crippen molar-refractivity contribution >= 4 is 27.5 Å². The van der Waals surface area contributed by atoms with Gasteiger partial charge in [-0.3, -0.25) is 9.36 Å². The molecular formula is C18H15N3O3S. The van der Waals surface area contributed by atoms with E-state index in [9.17, 15) is 9.59 Å². The molecule has 126 valence electrons. The van der Waals surface area contributed by atoms with Crippen molar-refractivity contribution in [1.29, 1.82) is 5.26 Å². The van der Waals surface area contributed by atoms with Gasteiger partial charge in [0.25, 0.3) is 5.56 Å². The molecule has 0 saturated heterocycles. The molecule has 1 aromatic carbocycles. The number of esters is 1. The number of hydrogen-bond donors (Lipinski definition) is 0. The van der Waals surface area contributed by atoms with Crippen LogP contribution in [0.1, 0.15) is 33.3 Å². The number of nitriles is 1. The normalized spacial score (nSPS) is 10.6. The van der Waals surface area contributed by atoms with Gasteiger partial charge in [0.15, 0.2) is 0 Å². The van der Waals surface area contributed by atoms with E-state index in [2.05, 4.69) is 11.1 Å². The number of aryl methyl sites for hydroxylation is 1. The zero-order valence-corrected chi connectivity index (χ0v) is 14.6. The van der Waals surface area contributed by atoms with E-state index >= 15 is 0 Å². The Morgan fingerprint density at radius 1 is 1.44 bits per heavy atom. The van der Waals surface area contributed by atoms with Crippen LogP contribution in [0.3, 0.4) is 0 Å². The van der Waals surface area contributed by atoms with Crippen LogP contribution >= 0.6 is 11.3 Å². The fourth-order valence-electron chi connectivity index (χ4n) is 2.60. The highest BCUT2D eigenvalue weighted by Crippen LogP contribution is 2.27. The number of fused-ring (bicyclic) bond motifs is 1. The molecule has 0 spiro atoms. The van der Waals surface area contributed by atoms with Gasteiger partial charge in [-0.25, -0.2) is 9.78 Å². The molecule has 0 aliphatic rings. The molecule has 0 unspecified atom stereocenters. The molecule has 2 aromatic heterocycles. The SMILES string of the molecule is CCOC(=O)c1sc2ncn(Cc3cccc(C#N)c3)c(=O)c2c1C. The van der Waals surface area contributed by atoms with Gasteiger partial charge in [-0.2, -0.15) is 5.26 Å². The minimum atomic E-state index is -0.435. The second-order valence-electron chi connectivity index (χ2n) is 5.45. The van der Waals surface area contributed by atoms with Crippen LogP contribution < -0.4 is 5.56 Å². The zero-order chi connectivity index (χ0) is 18.0. The van der Waals surface area contributed by atoms with Crippen molar-refractivity contribution < 1.29 is 9.53 Å². The smallest absolute Gasteiger partial charge is 0.348 e. The maximum Gasteiger partial charge on any atom is 0.348 e. The first kappa shape index (κ1) is 16.9. The molecule has 2 heterocycles. The van der Waals surface area contributed by atoms with Crippen molar-refractivity contribution in [3.8, 4) is 6.07 Å². The quantitative estimate of drug-likeness (QED) is 0.673. The minimum absolute atomic E-state index is 0.211. The molecule has 0 aliphatic carbocycles.